The van der Waals surface area contributed by atoms with Gasteiger partial charge < -0.3 is 15.5 Å². The van der Waals surface area contributed by atoms with E-state index in [4.69, 9.17) is 5.73 Å². The van der Waals surface area contributed by atoms with Crippen LogP contribution in [-0.2, 0) is 6.18 Å². The van der Waals surface area contributed by atoms with Crippen molar-refractivity contribution in [1.29, 1.82) is 0 Å². The summed E-state index contributed by atoms with van der Waals surface area (Å²) in [7, 11) is 0. The molecule has 0 bridgehead atoms. The third kappa shape index (κ3) is 3.09. The van der Waals surface area contributed by atoms with E-state index in [2.05, 4.69) is 16.8 Å². The van der Waals surface area contributed by atoms with Crippen LogP contribution in [-0.4, -0.2) is 42.6 Å². The van der Waals surface area contributed by atoms with Gasteiger partial charge >= 0.3 is 6.18 Å². The number of anilines is 2. The van der Waals surface area contributed by atoms with Gasteiger partial charge in [0.05, 0.1) is 11.3 Å². The van der Waals surface area contributed by atoms with E-state index >= 15 is 0 Å². The SMILES string of the molecule is CCN1CCN(c2cc(C(F)(F)F)cnc2N)CC1. The quantitative estimate of drug-likeness (QED) is 0.893. The Labute approximate surface area is 110 Å². The summed E-state index contributed by atoms with van der Waals surface area (Å²) in [6.45, 7) is 6.00. The highest BCUT2D eigenvalue weighted by Crippen LogP contribution is 2.33. The first-order chi connectivity index (χ1) is 8.91. The summed E-state index contributed by atoms with van der Waals surface area (Å²) in [5.41, 5.74) is 5.32. The molecule has 0 radical (unpaired) electrons. The van der Waals surface area contributed by atoms with Crippen LogP contribution in [0.25, 0.3) is 0 Å². The summed E-state index contributed by atoms with van der Waals surface area (Å²) in [6.07, 6.45) is -3.61. The smallest absolute Gasteiger partial charge is 0.382 e. The van der Waals surface area contributed by atoms with Crippen molar-refractivity contribution in [1.82, 2.24) is 9.88 Å². The van der Waals surface area contributed by atoms with Crippen LogP contribution < -0.4 is 10.6 Å². The Hall–Kier alpha value is -1.50. The largest absolute Gasteiger partial charge is 0.417 e. The summed E-state index contributed by atoms with van der Waals surface area (Å²) in [5.74, 6) is 0.151. The second-order valence-electron chi connectivity index (χ2n) is 4.55. The van der Waals surface area contributed by atoms with Crippen LogP contribution in [0.1, 0.15) is 12.5 Å². The molecule has 0 atom stereocenters. The molecule has 1 fully saturated rings. The molecule has 0 amide bonds. The zero-order valence-corrected chi connectivity index (χ0v) is 10.7. The van der Waals surface area contributed by atoms with Crippen molar-refractivity contribution in [2.75, 3.05) is 43.4 Å². The lowest BCUT2D eigenvalue weighted by molar-refractivity contribution is -0.137. The van der Waals surface area contributed by atoms with Crippen LogP contribution in [0.15, 0.2) is 12.3 Å². The summed E-state index contributed by atoms with van der Waals surface area (Å²) in [4.78, 5) is 7.77. The van der Waals surface area contributed by atoms with E-state index in [0.29, 0.717) is 18.8 Å². The van der Waals surface area contributed by atoms with Crippen molar-refractivity contribution >= 4 is 11.5 Å². The highest BCUT2D eigenvalue weighted by atomic mass is 19.4. The average Bonchev–Trinajstić information content (AvgIpc) is 2.38. The molecule has 1 aromatic rings. The molecular formula is C12H17F3N4. The van der Waals surface area contributed by atoms with Gasteiger partial charge in [-0.1, -0.05) is 6.92 Å². The molecule has 0 aromatic carbocycles. The molecule has 1 aliphatic rings. The first-order valence-corrected chi connectivity index (χ1v) is 6.22. The third-order valence-electron chi connectivity index (χ3n) is 3.38. The van der Waals surface area contributed by atoms with Crippen molar-refractivity contribution in [3.05, 3.63) is 17.8 Å². The molecule has 0 saturated carbocycles. The Bertz CT molecular complexity index is 439. The summed E-state index contributed by atoms with van der Waals surface area (Å²) >= 11 is 0. The van der Waals surface area contributed by atoms with E-state index in [0.717, 1.165) is 31.9 Å². The minimum atomic E-state index is -4.39. The number of piperazine rings is 1. The number of pyridine rings is 1. The third-order valence-corrected chi connectivity index (χ3v) is 3.38. The topological polar surface area (TPSA) is 45.4 Å². The van der Waals surface area contributed by atoms with Gasteiger partial charge in [0.15, 0.2) is 0 Å². The molecule has 0 aliphatic carbocycles. The van der Waals surface area contributed by atoms with Gasteiger partial charge in [0.25, 0.3) is 0 Å². The highest BCUT2D eigenvalue weighted by molar-refractivity contribution is 5.64. The molecular weight excluding hydrogens is 257 g/mol. The van der Waals surface area contributed by atoms with Crippen LogP contribution in [0.5, 0.6) is 0 Å². The number of aromatic nitrogens is 1. The van der Waals surface area contributed by atoms with Crippen molar-refractivity contribution in [3.63, 3.8) is 0 Å². The highest BCUT2D eigenvalue weighted by Gasteiger charge is 2.32. The number of hydrogen-bond acceptors (Lipinski definition) is 4. The number of nitrogens with two attached hydrogens (primary N) is 1. The number of nitrogens with zero attached hydrogens (tertiary/aromatic N) is 3. The number of nitrogen functional groups attached to an aromatic ring is 1. The lowest BCUT2D eigenvalue weighted by Crippen LogP contribution is -2.46. The molecule has 0 spiro atoms. The Morgan fingerprint density at radius 1 is 1.26 bits per heavy atom. The maximum atomic E-state index is 12.7. The van der Waals surface area contributed by atoms with Gasteiger partial charge in [-0.2, -0.15) is 13.2 Å². The van der Waals surface area contributed by atoms with Crippen molar-refractivity contribution in [2.24, 2.45) is 0 Å². The van der Waals surface area contributed by atoms with Gasteiger partial charge in [-0.25, -0.2) is 4.98 Å². The fourth-order valence-corrected chi connectivity index (χ4v) is 2.18. The second-order valence-corrected chi connectivity index (χ2v) is 4.55. The fraction of sp³-hybridized carbons (Fsp3) is 0.583. The van der Waals surface area contributed by atoms with Crippen LogP contribution in [0.3, 0.4) is 0 Å². The van der Waals surface area contributed by atoms with E-state index in [1.165, 1.54) is 0 Å². The van der Waals surface area contributed by atoms with E-state index in [-0.39, 0.29) is 5.82 Å². The Kier molecular flexibility index (Phi) is 3.84. The molecule has 1 aliphatic heterocycles. The Morgan fingerprint density at radius 2 is 1.89 bits per heavy atom. The molecule has 2 N–H and O–H groups in total. The van der Waals surface area contributed by atoms with Crippen LogP contribution in [0.4, 0.5) is 24.7 Å². The standard InChI is InChI=1S/C12H17F3N4/c1-2-18-3-5-19(6-4-18)10-7-9(12(13,14)15)8-17-11(10)16/h7-8H,2-6H2,1H3,(H2,16,17). The Morgan fingerprint density at radius 3 is 2.42 bits per heavy atom. The molecule has 2 heterocycles. The summed E-state index contributed by atoms with van der Waals surface area (Å²) in [5, 5.41) is 0. The van der Waals surface area contributed by atoms with E-state index in [9.17, 15) is 13.2 Å². The van der Waals surface area contributed by atoms with Gasteiger partial charge in [0.2, 0.25) is 0 Å². The van der Waals surface area contributed by atoms with E-state index in [1.54, 1.807) is 0 Å². The van der Waals surface area contributed by atoms with Gasteiger partial charge in [-0.15, -0.1) is 0 Å². The molecule has 4 nitrogen and oxygen atoms in total. The normalized spacial score (nSPS) is 17.8. The number of hydrogen-bond donors (Lipinski definition) is 1. The fourth-order valence-electron chi connectivity index (χ4n) is 2.18. The number of rotatable bonds is 2. The van der Waals surface area contributed by atoms with Gasteiger partial charge in [0.1, 0.15) is 5.82 Å². The summed E-state index contributed by atoms with van der Waals surface area (Å²) in [6, 6.07) is 1.09. The van der Waals surface area contributed by atoms with Crippen molar-refractivity contribution < 1.29 is 13.2 Å². The van der Waals surface area contributed by atoms with Crippen LogP contribution >= 0.6 is 0 Å². The molecule has 0 unspecified atom stereocenters. The maximum absolute atomic E-state index is 12.7. The first kappa shape index (κ1) is 13.9. The Balaban J connectivity index is 2.20. The maximum Gasteiger partial charge on any atom is 0.417 e. The molecule has 1 aromatic heterocycles. The van der Waals surface area contributed by atoms with Crippen LogP contribution in [0.2, 0.25) is 0 Å². The molecule has 7 heteroatoms. The van der Waals surface area contributed by atoms with E-state index in [1.807, 2.05) is 4.90 Å². The van der Waals surface area contributed by atoms with Crippen molar-refractivity contribution in [2.45, 2.75) is 13.1 Å². The number of likely N-dealkylation sites (N-methyl/N-ethyl adjacent to an activating group) is 1. The second kappa shape index (κ2) is 5.24. The molecule has 1 saturated heterocycles. The minimum absolute atomic E-state index is 0.151. The minimum Gasteiger partial charge on any atom is -0.382 e. The number of alkyl halides is 3. The lowest BCUT2D eigenvalue weighted by atomic mass is 10.2. The lowest BCUT2D eigenvalue weighted by Gasteiger charge is -2.35. The molecule has 2 rings (SSSR count). The zero-order valence-electron chi connectivity index (χ0n) is 10.7. The van der Waals surface area contributed by atoms with Gasteiger partial charge in [-0.3, -0.25) is 0 Å². The molecule has 106 valence electrons. The predicted octanol–water partition coefficient (Wildman–Crippen LogP) is 1.82. The number of halogens is 3. The molecule has 19 heavy (non-hydrogen) atoms. The van der Waals surface area contributed by atoms with Gasteiger partial charge in [-0.05, 0) is 12.6 Å². The zero-order chi connectivity index (χ0) is 14.0. The van der Waals surface area contributed by atoms with Crippen molar-refractivity contribution in [3.8, 4) is 0 Å². The average molecular weight is 274 g/mol. The predicted molar refractivity (Wildman–Crippen MR) is 68.0 cm³/mol. The van der Waals surface area contributed by atoms with Gasteiger partial charge in [0, 0.05) is 32.4 Å². The monoisotopic (exact) mass is 274 g/mol. The summed E-state index contributed by atoms with van der Waals surface area (Å²) < 4.78 is 38.0. The first-order valence-electron chi connectivity index (χ1n) is 6.22. The van der Waals surface area contributed by atoms with E-state index < -0.39 is 11.7 Å². The van der Waals surface area contributed by atoms with Crippen LogP contribution in [0, 0.1) is 0 Å².